The largest absolute Gasteiger partial charge is 0.454 e. The predicted molar refractivity (Wildman–Crippen MR) is 97.8 cm³/mol. The van der Waals surface area contributed by atoms with E-state index in [0.29, 0.717) is 5.92 Å². The fourth-order valence-corrected chi connectivity index (χ4v) is 3.97. The van der Waals surface area contributed by atoms with E-state index in [9.17, 15) is 0 Å². The number of hydrogen-bond donors (Lipinski definition) is 2. The average Bonchev–Trinajstić information content (AvgIpc) is 3.28. The van der Waals surface area contributed by atoms with E-state index in [-0.39, 0.29) is 6.79 Å². The van der Waals surface area contributed by atoms with Crippen LogP contribution in [0, 0.1) is 0 Å². The van der Waals surface area contributed by atoms with Crippen molar-refractivity contribution in [2.75, 3.05) is 12.1 Å². The van der Waals surface area contributed by atoms with E-state index >= 15 is 0 Å². The zero-order chi connectivity index (χ0) is 16.6. The molecule has 128 valence electrons. The molecule has 1 aliphatic carbocycles. The van der Waals surface area contributed by atoms with E-state index in [1.807, 2.05) is 24.3 Å². The lowest BCUT2D eigenvalue weighted by Crippen LogP contribution is -2.03. The Morgan fingerprint density at radius 1 is 1.00 bits per heavy atom. The monoisotopic (exact) mass is 335 g/mol. The second-order valence-electron chi connectivity index (χ2n) is 6.86. The van der Waals surface area contributed by atoms with Gasteiger partial charge in [-0.15, -0.1) is 0 Å². The summed E-state index contributed by atoms with van der Waals surface area (Å²) >= 11 is 0. The number of ether oxygens (including phenoxy) is 2. The number of anilines is 2. The summed E-state index contributed by atoms with van der Waals surface area (Å²) in [4.78, 5) is 8.10. The minimum absolute atomic E-state index is 0.287. The number of nitrogens with zero attached hydrogens (tertiary/aromatic N) is 1. The first-order chi connectivity index (χ1) is 12.4. The van der Waals surface area contributed by atoms with Crippen LogP contribution in [0.5, 0.6) is 11.5 Å². The van der Waals surface area contributed by atoms with Gasteiger partial charge in [0.25, 0.3) is 0 Å². The van der Waals surface area contributed by atoms with Crippen molar-refractivity contribution in [3.63, 3.8) is 0 Å². The highest BCUT2D eigenvalue weighted by molar-refractivity contribution is 5.82. The lowest BCUT2D eigenvalue weighted by molar-refractivity contribution is 0.174. The minimum atomic E-state index is 0.287. The molecule has 0 radical (unpaired) electrons. The number of rotatable bonds is 3. The van der Waals surface area contributed by atoms with Crippen molar-refractivity contribution in [3.8, 4) is 11.5 Å². The van der Waals surface area contributed by atoms with Gasteiger partial charge < -0.3 is 19.8 Å². The van der Waals surface area contributed by atoms with Crippen LogP contribution in [0.1, 0.15) is 43.6 Å². The zero-order valence-corrected chi connectivity index (χ0v) is 14.0. The van der Waals surface area contributed by atoms with Crippen LogP contribution in [0.4, 0.5) is 11.5 Å². The Balaban J connectivity index is 1.41. The molecule has 5 rings (SSSR count). The summed E-state index contributed by atoms with van der Waals surface area (Å²) in [5.41, 5.74) is 3.32. The van der Waals surface area contributed by atoms with Gasteiger partial charge in [-0.1, -0.05) is 19.3 Å². The molecule has 2 aliphatic rings. The molecular weight excluding hydrogens is 314 g/mol. The Morgan fingerprint density at radius 3 is 2.80 bits per heavy atom. The molecule has 0 atom stereocenters. The summed E-state index contributed by atoms with van der Waals surface area (Å²) in [6, 6.07) is 10.1. The first-order valence-electron chi connectivity index (χ1n) is 9.01. The molecule has 0 spiro atoms. The number of benzene rings is 1. The first-order valence-corrected chi connectivity index (χ1v) is 9.01. The number of nitrogens with one attached hydrogen (secondary N) is 2. The number of hydrogen-bond acceptors (Lipinski definition) is 4. The molecule has 1 aliphatic heterocycles. The molecule has 25 heavy (non-hydrogen) atoms. The van der Waals surface area contributed by atoms with Crippen LogP contribution in [-0.4, -0.2) is 16.8 Å². The van der Waals surface area contributed by atoms with E-state index in [4.69, 9.17) is 14.5 Å². The van der Waals surface area contributed by atoms with E-state index < -0.39 is 0 Å². The molecule has 5 heteroatoms. The second-order valence-corrected chi connectivity index (χ2v) is 6.86. The van der Waals surface area contributed by atoms with Gasteiger partial charge >= 0.3 is 0 Å². The van der Waals surface area contributed by atoms with E-state index in [1.165, 1.54) is 43.1 Å². The molecule has 5 nitrogen and oxygen atoms in total. The molecular formula is C20H21N3O2. The maximum absolute atomic E-state index is 5.43. The van der Waals surface area contributed by atoms with Gasteiger partial charge in [0.1, 0.15) is 11.5 Å². The average molecular weight is 335 g/mol. The first kappa shape index (κ1) is 14.6. The highest BCUT2D eigenvalue weighted by Gasteiger charge is 2.19. The fraction of sp³-hybridized carbons (Fsp3) is 0.350. The van der Waals surface area contributed by atoms with Crippen LogP contribution >= 0.6 is 0 Å². The van der Waals surface area contributed by atoms with Gasteiger partial charge in [0.2, 0.25) is 6.79 Å². The lowest BCUT2D eigenvalue weighted by atomic mass is 9.84. The molecule has 1 aromatic carbocycles. The Morgan fingerprint density at radius 2 is 1.88 bits per heavy atom. The maximum atomic E-state index is 5.43. The summed E-state index contributed by atoms with van der Waals surface area (Å²) in [7, 11) is 0. The van der Waals surface area contributed by atoms with Crippen molar-refractivity contribution < 1.29 is 9.47 Å². The summed E-state index contributed by atoms with van der Waals surface area (Å²) < 4.78 is 10.8. The van der Waals surface area contributed by atoms with Crippen molar-refractivity contribution in [3.05, 3.63) is 42.1 Å². The molecule has 3 aromatic rings. The van der Waals surface area contributed by atoms with Gasteiger partial charge in [-0.3, -0.25) is 0 Å². The molecule has 1 saturated carbocycles. The van der Waals surface area contributed by atoms with Crippen molar-refractivity contribution in [2.24, 2.45) is 0 Å². The standard InChI is InChI=1S/C20H21N3O2/c1-2-4-13(5-3-1)16-11-21-20-15(16)7-9-19(23-20)22-14-6-8-17-18(10-14)25-12-24-17/h6-11,13H,1-5,12H2,(H2,21,22,23). The van der Waals surface area contributed by atoms with Crippen LogP contribution in [-0.2, 0) is 0 Å². The van der Waals surface area contributed by atoms with Gasteiger partial charge in [-0.05, 0) is 48.6 Å². The molecule has 0 unspecified atom stereocenters. The van der Waals surface area contributed by atoms with Crippen LogP contribution in [0.3, 0.4) is 0 Å². The van der Waals surface area contributed by atoms with Crippen LogP contribution in [0.15, 0.2) is 36.5 Å². The van der Waals surface area contributed by atoms with Gasteiger partial charge in [0.05, 0.1) is 0 Å². The normalized spacial score (nSPS) is 17.1. The number of fused-ring (bicyclic) bond motifs is 2. The SMILES string of the molecule is c1cc2c(cc1Nc1ccc3c(C4CCCCC4)c[nH]c3n1)OCO2. The second kappa shape index (κ2) is 5.99. The Kier molecular flexibility index (Phi) is 3.51. The van der Waals surface area contributed by atoms with Gasteiger partial charge in [-0.25, -0.2) is 4.98 Å². The highest BCUT2D eigenvalue weighted by Crippen LogP contribution is 2.37. The summed E-state index contributed by atoms with van der Waals surface area (Å²) in [5, 5.41) is 4.60. The molecule has 2 aromatic heterocycles. The third-order valence-corrected chi connectivity index (χ3v) is 5.26. The van der Waals surface area contributed by atoms with Gasteiger partial charge in [0, 0.05) is 23.3 Å². The van der Waals surface area contributed by atoms with E-state index in [0.717, 1.165) is 28.7 Å². The fourth-order valence-electron chi connectivity index (χ4n) is 3.97. The minimum Gasteiger partial charge on any atom is -0.454 e. The van der Waals surface area contributed by atoms with E-state index in [1.54, 1.807) is 0 Å². The van der Waals surface area contributed by atoms with Crippen LogP contribution in [0.2, 0.25) is 0 Å². The lowest BCUT2D eigenvalue weighted by Gasteiger charge is -2.21. The van der Waals surface area contributed by atoms with Crippen molar-refractivity contribution in [2.45, 2.75) is 38.0 Å². The third kappa shape index (κ3) is 2.69. The Hall–Kier alpha value is -2.69. The number of aromatic nitrogens is 2. The Bertz CT molecular complexity index is 912. The number of pyridine rings is 1. The van der Waals surface area contributed by atoms with Gasteiger partial charge in [0.15, 0.2) is 11.5 Å². The van der Waals surface area contributed by atoms with E-state index in [2.05, 4.69) is 22.6 Å². The number of aromatic amines is 1. The summed E-state index contributed by atoms with van der Waals surface area (Å²) in [6.07, 6.45) is 8.80. The molecule has 1 fully saturated rings. The van der Waals surface area contributed by atoms with Crippen molar-refractivity contribution in [1.29, 1.82) is 0 Å². The van der Waals surface area contributed by atoms with Gasteiger partial charge in [-0.2, -0.15) is 0 Å². The van der Waals surface area contributed by atoms with Crippen molar-refractivity contribution in [1.82, 2.24) is 9.97 Å². The predicted octanol–water partition coefficient (Wildman–Crippen LogP) is 5.08. The molecule has 0 saturated heterocycles. The smallest absolute Gasteiger partial charge is 0.231 e. The number of H-pyrrole nitrogens is 1. The molecule has 0 bridgehead atoms. The maximum Gasteiger partial charge on any atom is 0.231 e. The Labute approximate surface area is 146 Å². The quantitative estimate of drug-likeness (QED) is 0.700. The molecule has 2 N–H and O–H groups in total. The third-order valence-electron chi connectivity index (χ3n) is 5.26. The zero-order valence-electron chi connectivity index (χ0n) is 14.0. The van der Waals surface area contributed by atoms with Crippen molar-refractivity contribution >= 4 is 22.5 Å². The summed E-state index contributed by atoms with van der Waals surface area (Å²) in [6.45, 7) is 0.287. The summed E-state index contributed by atoms with van der Waals surface area (Å²) in [5.74, 6) is 3.06. The van der Waals surface area contributed by atoms with Crippen LogP contribution < -0.4 is 14.8 Å². The topological polar surface area (TPSA) is 59.2 Å². The molecule has 3 heterocycles. The van der Waals surface area contributed by atoms with Crippen LogP contribution in [0.25, 0.3) is 11.0 Å². The highest BCUT2D eigenvalue weighted by atomic mass is 16.7. The molecule has 0 amide bonds.